The number of rotatable bonds is 2. The zero-order valence-electron chi connectivity index (χ0n) is 5.66. The van der Waals surface area contributed by atoms with Crippen molar-refractivity contribution in [1.29, 1.82) is 0 Å². The van der Waals surface area contributed by atoms with Crippen LogP contribution in [-0.4, -0.2) is 23.1 Å². The van der Waals surface area contributed by atoms with Crippen LogP contribution in [0.3, 0.4) is 0 Å². The first-order chi connectivity index (χ1) is 3.55. The monoisotopic (exact) mass is 196 g/mol. The van der Waals surface area contributed by atoms with Gasteiger partial charge >= 0.3 is 103 Å². The first kappa shape index (κ1) is 18.1. The Morgan fingerprint density at radius 1 is 1.10 bits per heavy atom. The topological polar surface area (TPSA) is 100 Å². The molecule has 0 fully saturated rings. The minimum absolute atomic E-state index is 0. The summed E-state index contributed by atoms with van der Waals surface area (Å²) >= 11 is 0. The van der Waals surface area contributed by atoms with Gasteiger partial charge in [0.1, 0.15) is 6.10 Å². The molecule has 0 rings (SSSR count). The molecule has 0 spiro atoms. The molecule has 0 aromatic heterocycles. The summed E-state index contributed by atoms with van der Waals surface area (Å²) in [7, 11) is 0. The van der Waals surface area contributed by atoms with E-state index in [-0.39, 0.29) is 103 Å². The average Bonchev–Trinajstić information content (AvgIpc) is 1.64. The van der Waals surface area contributed by atoms with Crippen LogP contribution in [0.15, 0.2) is 0 Å². The molecule has 0 aliphatic rings. The van der Waals surface area contributed by atoms with Gasteiger partial charge in [0.15, 0.2) is 0 Å². The van der Waals surface area contributed by atoms with E-state index in [1.165, 1.54) is 0 Å². The van der Waals surface area contributed by atoms with Crippen molar-refractivity contribution in [2.45, 2.75) is 6.10 Å². The maximum absolute atomic E-state index is 9.36. The van der Waals surface area contributed by atoms with Crippen LogP contribution in [0, 0.1) is 0 Å². The van der Waals surface area contributed by atoms with Gasteiger partial charge in [0.25, 0.3) is 0 Å². The Bertz CT molecular complexity index is 110. The predicted octanol–water partition coefficient (Wildman–Crippen LogP) is -10.1. The molecule has 1 N–H and O–H groups in total. The number of aliphatic hydroxyl groups excluding tert-OH is 1. The largest absolute Gasteiger partial charge is 1.00 e. The van der Waals surface area contributed by atoms with E-state index in [1.54, 1.807) is 0 Å². The summed E-state index contributed by atoms with van der Waals surface area (Å²) in [6, 6.07) is 0. The molecule has 10 heavy (non-hydrogen) atoms. The van der Waals surface area contributed by atoms with Crippen LogP contribution < -0.4 is 113 Å². The SMILES string of the molecule is O=C([O-])C(O)C(=O)[O-].[K+].[K+]. The van der Waals surface area contributed by atoms with Gasteiger partial charge in [-0.2, -0.15) is 0 Å². The fourth-order valence-electron chi connectivity index (χ4n) is 0.0962. The van der Waals surface area contributed by atoms with E-state index in [1.807, 2.05) is 0 Å². The van der Waals surface area contributed by atoms with Gasteiger partial charge in [-0.15, -0.1) is 0 Å². The Balaban J connectivity index is -0.000000245. The number of hydrogen-bond donors (Lipinski definition) is 1. The van der Waals surface area contributed by atoms with Crippen LogP contribution in [0.25, 0.3) is 0 Å². The van der Waals surface area contributed by atoms with Crippen LogP contribution in [-0.2, 0) is 9.59 Å². The minimum Gasteiger partial charge on any atom is -0.547 e. The molecule has 7 heteroatoms. The zero-order valence-corrected chi connectivity index (χ0v) is 11.9. The maximum Gasteiger partial charge on any atom is 1.00 e. The van der Waals surface area contributed by atoms with E-state index in [9.17, 15) is 19.8 Å². The maximum atomic E-state index is 9.36. The summed E-state index contributed by atoms with van der Waals surface area (Å²) in [5.74, 6) is -4.13. The van der Waals surface area contributed by atoms with Crippen molar-refractivity contribution in [3.8, 4) is 0 Å². The molecule has 46 valence electrons. The summed E-state index contributed by atoms with van der Waals surface area (Å²) in [5, 5.41) is 26.6. The van der Waals surface area contributed by atoms with Gasteiger partial charge in [0.2, 0.25) is 0 Å². The molecule has 0 heterocycles. The van der Waals surface area contributed by atoms with Crippen LogP contribution in [0.4, 0.5) is 0 Å². The summed E-state index contributed by atoms with van der Waals surface area (Å²) in [5.41, 5.74) is 0. The minimum atomic E-state index is -2.52. The Kier molecular flexibility index (Phi) is 16.7. The van der Waals surface area contributed by atoms with Crippen molar-refractivity contribution in [2.75, 3.05) is 0 Å². The van der Waals surface area contributed by atoms with E-state index in [0.717, 1.165) is 0 Å². The molecular weight excluding hydrogens is 194 g/mol. The van der Waals surface area contributed by atoms with Gasteiger partial charge in [0.05, 0.1) is 11.9 Å². The molecule has 0 saturated carbocycles. The number of hydrogen-bond acceptors (Lipinski definition) is 5. The number of carboxylic acid groups (broad SMARTS) is 2. The first-order valence-corrected chi connectivity index (χ1v) is 1.65. The third kappa shape index (κ3) is 8.27. The Labute approximate surface area is 142 Å². The van der Waals surface area contributed by atoms with Crippen LogP contribution in [0.2, 0.25) is 0 Å². The molecule has 0 aromatic rings. The standard InChI is InChI=1S/C3H4O5.2K/c4-1(2(5)6)3(7)8;;/h1,4H,(H,5,6)(H,7,8);;/q;2*+1/p-2. The normalized spacial score (nSPS) is 7.40. The second kappa shape index (κ2) is 9.26. The first-order valence-electron chi connectivity index (χ1n) is 1.65. The van der Waals surface area contributed by atoms with Crippen LogP contribution in [0.1, 0.15) is 0 Å². The molecule has 0 aromatic carbocycles. The van der Waals surface area contributed by atoms with Gasteiger partial charge < -0.3 is 24.9 Å². The number of aliphatic carboxylic acids is 2. The molecule has 0 aliphatic heterocycles. The van der Waals surface area contributed by atoms with Gasteiger partial charge in [-0.3, -0.25) is 0 Å². The van der Waals surface area contributed by atoms with Gasteiger partial charge in [0, 0.05) is 0 Å². The number of carbonyl (C=O) groups excluding carboxylic acids is 2. The second-order valence-corrected chi connectivity index (χ2v) is 1.04. The number of aliphatic hydroxyl groups is 1. The summed E-state index contributed by atoms with van der Waals surface area (Å²) in [6.45, 7) is 0. The molecular formula is C3H2K2O5. The molecule has 0 radical (unpaired) electrons. The molecule has 0 aliphatic carbocycles. The quantitative estimate of drug-likeness (QED) is 0.349. The van der Waals surface area contributed by atoms with Crippen LogP contribution in [0.5, 0.6) is 0 Å². The fourth-order valence-corrected chi connectivity index (χ4v) is 0.0962. The van der Waals surface area contributed by atoms with Gasteiger partial charge in [-0.05, 0) is 0 Å². The average molecular weight is 196 g/mol. The number of carboxylic acids is 2. The molecule has 0 unspecified atom stereocenters. The Morgan fingerprint density at radius 3 is 1.30 bits per heavy atom. The third-order valence-electron chi connectivity index (χ3n) is 0.447. The summed E-state index contributed by atoms with van der Waals surface area (Å²) in [6.07, 6.45) is -2.52. The molecule has 0 saturated heterocycles. The van der Waals surface area contributed by atoms with Gasteiger partial charge in [-0.1, -0.05) is 0 Å². The zero-order chi connectivity index (χ0) is 6.73. The predicted molar refractivity (Wildman–Crippen MR) is 16.0 cm³/mol. The second-order valence-electron chi connectivity index (χ2n) is 1.04. The van der Waals surface area contributed by atoms with Crippen LogP contribution >= 0.6 is 0 Å². The van der Waals surface area contributed by atoms with E-state index in [2.05, 4.69) is 0 Å². The Morgan fingerprint density at radius 2 is 1.30 bits per heavy atom. The van der Waals surface area contributed by atoms with Crippen molar-refractivity contribution < 1.29 is 128 Å². The third-order valence-corrected chi connectivity index (χ3v) is 0.447. The van der Waals surface area contributed by atoms with Crippen molar-refractivity contribution in [3.05, 3.63) is 0 Å². The molecule has 5 nitrogen and oxygen atoms in total. The summed E-state index contributed by atoms with van der Waals surface area (Å²) < 4.78 is 0. The number of carbonyl (C=O) groups is 2. The van der Waals surface area contributed by atoms with E-state index >= 15 is 0 Å². The van der Waals surface area contributed by atoms with Crippen molar-refractivity contribution in [2.24, 2.45) is 0 Å². The molecule has 0 atom stereocenters. The Hall–Kier alpha value is 2.17. The molecule has 0 bridgehead atoms. The smallest absolute Gasteiger partial charge is 0.547 e. The van der Waals surface area contributed by atoms with Crippen molar-refractivity contribution >= 4 is 11.9 Å². The van der Waals surface area contributed by atoms with Crippen molar-refractivity contribution in [3.63, 3.8) is 0 Å². The summed E-state index contributed by atoms with van der Waals surface area (Å²) in [4.78, 5) is 18.7. The van der Waals surface area contributed by atoms with Crippen molar-refractivity contribution in [1.82, 2.24) is 0 Å². The van der Waals surface area contributed by atoms with E-state index < -0.39 is 18.0 Å². The van der Waals surface area contributed by atoms with Gasteiger partial charge in [-0.25, -0.2) is 0 Å². The fraction of sp³-hybridized carbons (Fsp3) is 0.333. The van der Waals surface area contributed by atoms with E-state index in [0.29, 0.717) is 0 Å². The van der Waals surface area contributed by atoms with E-state index in [4.69, 9.17) is 5.11 Å². The molecule has 0 amide bonds.